The molecule has 0 aliphatic carbocycles. The molecule has 3 aromatic rings. The monoisotopic (exact) mass is 434 g/mol. The lowest BCUT2D eigenvalue weighted by atomic mass is 10.0. The molecule has 1 aliphatic rings. The molecule has 0 saturated carbocycles. The minimum absolute atomic E-state index is 0.00201. The average Bonchev–Trinajstić information content (AvgIpc) is 3.29. The van der Waals surface area contributed by atoms with E-state index in [0.29, 0.717) is 12.1 Å². The highest BCUT2D eigenvalue weighted by molar-refractivity contribution is 6.02. The first-order valence-corrected chi connectivity index (χ1v) is 11.3. The van der Waals surface area contributed by atoms with E-state index in [0.717, 1.165) is 55.0 Å². The highest BCUT2D eigenvalue weighted by atomic mass is 19.1. The van der Waals surface area contributed by atoms with Crippen molar-refractivity contribution >= 4 is 11.5 Å². The van der Waals surface area contributed by atoms with E-state index in [2.05, 4.69) is 33.9 Å². The first kappa shape index (κ1) is 22.1. The zero-order chi connectivity index (χ0) is 22.5. The summed E-state index contributed by atoms with van der Waals surface area (Å²) in [4.78, 5) is 6.88. The zero-order valence-corrected chi connectivity index (χ0v) is 18.6. The van der Waals surface area contributed by atoms with Gasteiger partial charge in [0.1, 0.15) is 11.6 Å². The van der Waals surface area contributed by atoms with Crippen molar-refractivity contribution in [2.75, 3.05) is 18.0 Å². The van der Waals surface area contributed by atoms with Crippen LogP contribution < -0.4 is 4.90 Å². The molecular weight excluding hydrogens is 406 g/mol. The molecule has 166 valence electrons. The van der Waals surface area contributed by atoms with E-state index in [9.17, 15) is 8.78 Å². The van der Waals surface area contributed by atoms with E-state index in [1.54, 1.807) is 0 Å². The van der Waals surface area contributed by atoms with Crippen LogP contribution >= 0.6 is 0 Å². The van der Waals surface area contributed by atoms with Crippen molar-refractivity contribution in [1.82, 2.24) is 10.2 Å². The van der Waals surface area contributed by atoms with Crippen molar-refractivity contribution in [2.24, 2.45) is 4.99 Å². The molecule has 0 amide bonds. The third-order valence-electron chi connectivity index (χ3n) is 5.77. The number of benzene rings is 2. The van der Waals surface area contributed by atoms with Crippen LogP contribution in [0.15, 0.2) is 59.6 Å². The third kappa shape index (κ3) is 4.69. The first-order chi connectivity index (χ1) is 15.6. The van der Waals surface area contributed by atoms with Gasteiger partial charge in [0.15, 0.2) is 5.82 Å². The second-order valence-corrected chi connectivity index (χ2v) is 8.11. The Morgan fingerprint density at radius 3 is 2.16 bits per heavy atom. The molecule has 1 atom stereocenters. The Morgan fingerprint density at radius 2 is 1.56 bits per heavy atom. The molecule has 0 spiro atoms. The smallest absolute Gasteiger partial charge is 0.151 e. The maximum atomic E-state index is 14.1. The van der Waals surface area contributed by atoms with Gasteiger partial charge in [-0.15, -0.1) is 10.2 Å². The number of aromatic nitrogens is 2. The highest BCUT2D eigenvalue weighted by Crippen LogP contribution is 2.33. The summed E-state index contributed by atoms with van der Waals surface area (Å²) >= 11 is 0. The fourth-order valence-corrected chi connectivity index (χ4v) is 4.20. The van der Waals surface area contributed by atoms with Crippen molar-refractivity contribution in [3.8, 4) is 11.3 Å². The molecule has 2 heterocycles. The Balaban J connectivity index is 1.50. The van der Waals surface area contributed by atoms with Gasteiger partial charge in [-0.25, -0.2) is 8.78 Å². The molecule has 1 unspecified atom stereocenters. The Kier molecular flexibility index (Phi) is 6.88. The van der Waals surface area contributed by atoms with Gasteiger partial charge in [-0.1, -0.05) is 44.2 Å². The van der Waals surface area contributed by atoms with Gasteiger partial charge in [-0.2, -0.15) is 0 Å². The number of rotatable bonds is 8. The lowest BCUT2D eigenvalue weighted by molar-refractivity contribution is 0.578. The molecule has 1 aromatic heterocycles. The van der Waals surface area contributed by atoms with Gasteiger partial charge >= 0.3 is 0 Å². The lowest BCUT2D eigenvalue weighted by Gasteiger charge is -2.21. The second kappa shape index (κ2) is 9.98. The summed E-state index contributed by atoms with van der Waals surface area (Å²) in [6, 6.07) is 15.9. The molecule has 0 saturated heterocycles. The van der Waals surface area contributed by atoms with E-state index >= 15 is 0 Å². The van der Waals surface area contributed by atoms with Crippen LogP contribution in [0.5, 0.6) is 0 Å². The summed E-state index contributed by atoms with van der Waals surface area (Å²) in [7, 11) is 0. The number of anilines is 1. The van der Waals surface area contributed by atoms with Crippen LogP contribution in [-0.2, 0) is 0 Å². The van der Waals surface area contributed by atoms with Crippen molar-refractivity contribution in [3.63, 3.8) is 0 Å². The van der Waals surface area contributed by atoms with Crippen LogP contribution in [0, 0.1) is 11.6 Å². The molecule has 1 aliphatic heterocycles. The largest absolute Gasteiger partial charge is 0.355 e. The topological polar surface area (TPSA) is 41.4 Å². The fourth-order valence-electron chi connectivity index (χ4n) is 4.20. The molecule has 0 fully saturated rings. The number of aliphatic imine (C=N–C) groups is 1. The van der Waals surface area contributed by atoms with Gasteiger partial charge < -0.3 is 4.90 Å². The summed E-state index contributed by atoms with van der Waals surface area (Å²) < 4.78 is 28.2. The summed E-state index contributed by atoms with van der Waals surface area (Å²) in [5, 5.41) is 8.87. The quantitative estimate of drug-likeness (QED) is 0.413. The van der Waals surface area contributed by atoms with Crippen LogP contribution in [0.3, 0.4) is 0 Å². The molecule has 0 N–H and O–H groups in total. The van der Waals surface area contributed by atoms with E-state index in [1.807, 2.05) is 36.4 Å². The van der Waals surface area contributed by atoms with Crippen LogP contribution in [-0.4, -0.2) is 29.0 Å². The SMILES string of the molecule is CCCN(CCC)c1ccc(-c2ccc(C3CCC(c4c(F)cccc4F)=N3)cc2)nn1. The van der Waals surface area contributed by atoms with Crippen molar-refractivity contribution < 1.29 is 8.78 Å². The first-order valence-electron chi connectivity index (χ1n) is 11.3. The molecule has 6 heteroatoms. The molecular formula is C26H28F2N4. The van der Waals surface area contributed by atoms with Gasteiger partial charge in [-0.3, -0.25) is 4.99 Å². The molecule has 0 bridgehead atoms. The van der Waals surface area contributed by atoms with Crippen LogP contribution in [0.25, 0.3) is 11.3 Å². The van der Waals surface area contributed by atoms with Crippen molar-refractivity contribution in [2.45, 2.75) is 45.6 Å². The van der Waals surface area contributed by atoms with Gasteiger partial charge in [0.25, 0.3) is 0 Å². The Morgan fingerprint density at radius 1 is 0.875 bits per heavy atom. The van der Waals surface area contributed by atoms with E-state index in [4.69, 9.17) is 0 Å². The maximum absolute atomic E-state index is 14.1. The Hall–Kier alpha value is -3.15. The van der Waals surface area contributed by atoms with Crippen molar-refractivity contribution in [1.29, 1.82) is 0 Å². The minimum atomic E-state index is -0.557. The summed E-state index contributed by atoms with van der Waals surface area (Å²) in [6.45, 7) is 6.26. The zero-order valence-electron chi connectivity index (χ0n) is 18.6. The van der Waals surface area contributed by atoms with Gasteiger partial charge in [0, 0.05) is 24.4 Å². The van der Waals surface area contributed by atoms with E-state index in [1.165, 1.54) is 18.2 Å². The predicted octanol–water partition coefficient (Wildman–Crippen LogP) is 6.37. The summed E-state index contributed by atoms with van der Waals surface area (Å²) in [5.41, 5.74) is 3.33. The number of hydrogen-bond donors (Lipinski definition) is 0. The average molecular weight is 435 g/mol. The van der Waals surface area contributed by atoms with Crippen LogP contribution in [0.1, 0.15) is 56.7 Å². The minimum Gasteiger partial charge on any atom is -0.355 e. The molecule has 4 nitrogen and oxygen atoms in total. The number of nitrogens with zero attached hydrogens (tertiary/aromatic N) is 4. The Labute approximate surface area is 188 Å². The second-order valence-electron chi connectivity index (χ2n) is 8.11. The maximum Gasteiger partial charge on any atom is 0.151 e. The van der Waals surface area contributed by atoms with Gasteiger partial charge in [0.2, 0.25) is 0 Å². The normalized spacial score (nSPS) is 15.6. The lowest BCUT2D eigenvalue weighted by Crippen LogP contribution is -2.26. The summed E-state index contributed by atoms with van der Waals surface area (Å²) in [5.74, 6) is -0.210. The molecule has 0 radical (unpaired) electrons. The third-order valence-corrected chi connectivity index (χ3v) is 5.77. The molecule has 4 rings (SSSR count). The molecule has 32 heavy (non-hydrogen) atoms. The van der Waals surface area contributed by atoms with Gasteiger partial charge in [-0.05, 0) is 55.5 Å². The van der Waals surface area contributed by atoms with Crippen molar-refractivity contribution in [3.05, 3.63) is 77.4 Å². The Bertz CT molecular complexity index is 1050. The van der Waals surface area contributed by atoms with Gasteiger partial charge in [0.05, 0.1) is 17.3 Å². The molecule has 2 aromatic carbocycles. The number of halogens is 2. The standard InChI is InChI=1S/C26H28F2N4/c1-3-16-32(17-4-2)25-15-14-23(30-31-25)19-10-8-18(9-11-19)22-12-13-24(29-22)26-20(27)6-5-7-21(26)28/h5-11,14-15,22H,3-4,12-13,16-17H2,1-2H3. The van der Waals surface area contributed by atoms with Crippen LogP contribution in [0.4, 0.5) is 14.6 Å². The highest BCUT2D eigenvalue weighted by Gasteiger charge is 2.24. The summed E-state index contributed by atoms with van der Waals surface area (Å²) in [6.07, 6.45) is 3.44. The number of hydrogen-bond acceptors (Lipinski definition) is 4. The fraction of sp³-hybridized carbons (Fsp3) is 0.346. The predicted molar refractivity (Wildman–Crippen MR) is 125 cm³/mol. The van der Waals surface area contributed by atoms with E-state index in [-0.39, 0.29) is 11.6 Å². The van der Waals surface area contributed by atoms with Crippen LogP contribution in [0.2, 0.25) is 0 Å². The van der Waals surface area contributed by atoms with E-state index < -0.39 is 11.6 Å².